The summed E-state index contributed by atoms with van der Waals surface area (Å²) in [5, 5.41) is 0. The van der Waals surface area contributed by atoms with Gasteiger partial charge in [0.1, 0.15) is 12.4 Å². The second kappa shape index (κ2) is 6.22. The molecule has 0 amide bonds. The Morgan fingerprint density at radius 3 is 2.67 bits per heavy atom. The van der Waals surface area contributed by atoms with Gasteiger partial charge in [-0.3, -0.25) is 0 Å². The fourth-order valence-electron chi connectivity index (χ4n) is 1.89. The number of hydrogen-bond acceptors (Lipinski definition) is 2. The Balaban J connectivity index is 2.02. The van der Waals surface area contributed by atoms with E-state index in [1.807, 2.05) is 24.3 Å². The third-order valence-electron chi connectivity index (χ3n) is 2.99. The number of nitrogens with two attached hydrogens (primary N) is 1. The maximum absolute atomic E-state index is 5.82. The highest BCUT2D eigenvalue weighted by atomic mass is 16.5. The molecule has 2 nitrogen and oxygen atoms in total. The molecule has 2 aromatic rings. The molecule has 18 heavy (non-hydrogen) atoms. The monoisotopic (exact) mass is 241 g/mol. The van der Waals surface area contributed by atoms with E-state index in [1.165, 1.54) is 16.7 Å². The Kier molecular flexibility index (Phi) is 4.37. The highest BCUT2D eigenvalue weighted by Gasteiger charge is 2.00. The van der Waals surface area contributed by atoms with Gasteiger partial charge in [0.15, 0.2) is 0 Å². The van der Waals surface area contributed by atoms with Gasteiger partial charge in [-0.15, -0.1) is 0 Å². The fourth-order valence-corrected chi connectivity index (χ4v) is 1.89. The Hall–Kier alpha value is -1.80. The summed E-state index contributed by atoms with van der Waals surface area (Å²) in [5.74, 6) is 0.907. The van der Waals surface area contributed by atoms with Crippen LogP contribution in [-0.2, 0) is 13.0 Å². The van der Waals surface area contributed by atoms with Gasteiger partial charge in [0.25, 0.3) is 0 Å². The lowest BCUT2D eigenvalue weighted by molar-refractivity contribution is 0.305. The van der Waals surface area contributed by atoms with E-state index >= 15 is 0 Å². The van der Waals surface area contributed by atoms with Gasteiger partial charge in [-0.2, -0.15) is 0 Å². The fraction of sp³-hybridized carbons (Fsp3) is 0.250. The molecule has 0 aliphatic rings. The number of rotatable bonds is 5. The van der Waals surface area contributed by atoms with Crippen molar-refractivity contribution in [1.82, 2.24) is 0 Å². The molecular formula is C16H19NO. The summed E-state index contributed by atoms with van der Waals surface area (Å²) in [6.07, 6.45) is 0.890. The third-order valence-corrected chi connectivity index (χ3v) is 2.99. The number of ether oxygens (including phenoxy) is 1. The van der Waals surface area contributed by atoms with Crippen LogP contribution in [0.4, 0.5) is 0 Å². The number of hydrogen-bond donors (Lipinski definition) is 1. The van der Waals surface area contributed by atoms with Crippen LogP contribution in [0.25, 0.3) is 0 Å². The Bertz CT molecular complexity index is 508. The van der Waals surface area contributed by atoms with Crippen molar-refractivity contribution in [3.05, 3.63) is 65.2 Å². The van der Waals surface area contributed by atoms with E-state index in [0.717, 1.165) is 12.2 Å². The van der Waals surface area contributed by atoms with Gasteiger partial charge in [0.2, 0.25) is 0 Å². The van der Waals surface area contributed by atoms with E-state index in [0.29, 0.717) is 13.2 Å². The highest BCUT2D eigenvalue weighted by molar-refractivity contribution is 5.30. The van der Waals surface area contributed by atoms with Crippen LogP contribution >= 0.6 is 0 Å². The van der Waals surface area contributed by atoms with E-state index in [9.17, 15) is 0 Å². The van der Waals surface area contributed by atoms with Crippen LogP contribution < -0.4 is 10.5 Å². The van der Waals surface area contributed by atoms with Crippen LogP contribution in [0.5, 0.6) is 5.75 Å². The molecule has 0 atom stereocenters. The second-order valence-corrected chi connectivity index (χ2v) is 4.40. The minimum atomic E-state index is 0.610. The second-order valence-electron chi connectivity index (χ2n) is 4.40. The van der Waals surface area contributed by atoms with Gasteiger partial charge in [-0.05, 0) is 48.7 Å². The molecule has 0 unspecified atom stereocenters. The normalized spacial score (nSPS) is 10.3. The van der Waals surface area contributed by atoms with Crippen LogP contribution in [0.15, 0.2) is 48.5 Å². The molecule has 0 aliphatic carbocycles. The molecule has 0 bridgehead atoms. The minimum absolute atomic E-state index is 0.610. The molecule has 0 fully saturated rings. The molecule has 0 saturated carbocycles. The molecule has 0 saturated heterocycles. The van der Waals surface area contributed by atoms with Crippen molar-refractivity contribution in [1.29, 1.82) is 0 Å². The van der Waals surface area contributed by atoms with Crippen LogP contribution in [0.1, 0.15) is 16.7 Å². The quantitative estimate of drug-likeness (QED) is 0.873. The van der Waals surface area contributed by atoms with E-state index in [-0.39, 0.29) is 0 Å². The van der Waals surface area contributed by atoms with Gasteiger partial charge >= 0.3 is 0 Å². The first-order valence-electron chi connectivity index (χ1n) is 6.26. The number of aryl methyl sites for hydroxylation is 1. The van der Waals surface area contributed by atoms with Crippen molar-refractivity contribution in [2.75, 3.05) is 6.54 Å². The lowest BCUT2D eigenvalue weighted by Gasteiger charge is -2.09. The van der Waals surface area contributed by atoms with Gasteiger partial charge in [-0.1, -0.05) is 36.4 Å². The van der Waals surface area contributed by atoms with E-state index in [2.05, 4.69) is 31.2 Å². The largest absolute Gasteiger partial charge is 0.489 e. The maximum atomic E-state index is 5.82. The summed E-state index contributed by atoms with van der Waals surface area (Å²) in [5.41, 5.74) is 9.26. The van der Waals surface area contributed by atoms with Gasteiger partial charge in [0.05, 0.1) is 0 Å². The van der Waals surface area contributed by atoms with Gasteiger partial charge in [-0.25, -0.2) is 0 Å². The molecule has 0 aromatic heterocycles. The van der Waals surface area contributed by atoms with Crippen molar-refractivity contribution in [3.8, 4) is 5.75 Å². The lowest BCUT2D eigenvalue weighted by Crippen LogP contribution is -2.03. The Morgan fingerprint density at radius 1 is 1.06 bits per heavy atom. The predicted octanol–water partition coefficient (Wildman–Crippen LogP) is 3.08. The summed E-state index contributed by atoms with van der Waals surface area (Å²) < 4.78 is 5.82. The molecule has 0 radical (unpaired) electrons. The zero-order valence-electron chi connectivity index (χ0n) is 10.7. The molecule has 2 aromatic carbocycles. The summed E-state index contributed by atoms with van der Waals surface area (Å²) in [4.78, 5) is 0. The average Bonchev–Trinajstić information content (AvgIpc) is 2.39. The van der Waals surface area contributed by atoms with Crippen molar-refractivity contribution in [3.63, 3.8) is 0 Å². The molecule has 0 heterocycles. The standard InChI is InChI=1S/C16H19NO/c1-13-5-2-3-7-15(13)12-18-16-8-4-6-14(11-16)9-10-17/h2-8,11H,9-10,12,17H2,1H3. The summed E-state index contributed by atoms with van der Waals surface area (Å²) in [6.45, 7) is 3.38. The summed E-state index contributed by atoms with van der Waals surface area (Å²) in [7, 11) is 0. The van der Waals surface area contributed by atoms with Crippen molar-refractivity contribution in [2.24, 2.45) is 5.73 Å². The van der Waals surface area contributed by atoms with Crippen molar-refractivity contribution in [2.45, 2.75) is 20.0 Å². The highest BCUT2D eigenvalue weighted by Crippen LogP contribution is 2.16. The van der Waals surface area contributed by atoms with E-state index in [4.69, 9.17) is 10.5 Å². The molecule has 2 N–H and O–H groups in total. The SMILES string of the molecule is Cc1ccccc1COc1cccc(CCN)c1. The molecule has 2 rings (SSSR count). The van der Waals surface area contributed by atoms with Crippen molar-refractivity contribution >= 4 is 0 Å². The molecular weight excluding hydrogens is 222 g/mol. The smallest absolute Gasteiger partial charge is 0.120 e. The van der Waals surface area contributed by atoms with E-state index < -0.39 is 0 Å². The van der Waals surface area contributed by atoms with E-state index in [1.54, 1.807) is 0 Å². The summed E-state index contributed by atoms with van der Waals surface area (Å²) in [6, 6.07) is 16.4. The van der Waals surface area contributed by atoms with Crippen LogP contribution in [0.3, 0.4) is 0 Å². The molecule has 0 aliphatic heterocycles. The van der Waals surface area contributed by atoms with Gasteiger partial charge in [0, 0.05) is 0 Å². The van der Waals surface area contributed by atoms with Crippen molar-refractivity contribution < 1.29 is 4.74 Å². The third kappa shape index (κ3) is 3.34. The molecule has 0 spiro atoms. The lowest BCUT2D eigenvalue weighted by atomic mass is 10.1. The zero-order chi connectivity index (χ0) is 12.8. The predicted molar refractivity (Wildman–Crippen MR) is 74.7 cm³/mol. The zero-order valence-corrected chi connectivity index (χ0v) is 10.7. The van der Waals surface area contributed by atoms with Crippen LogP contribution in [0, 0.1) is 6.92 Å². The summed E-state index contributed by atoms with van der Waals surface area (Å²) >= 11 is 0. The van der Waals surface area contributed by atoms with Crippen LogP contribution in [0.2, 0.25) is 0 Å². The first-order chi connectivity index (χ1) is 8.79. The minimum Gasteiger partial charge on any atom is -0.489 e. The Morgan fingerprint density at radius 2 is 1.89 bits per heavy atom. The topological polar surface area (TPSA) is 35.2 Å². The van der Waals surface area contributed by atoms with Gasteiger partial charge < -0.3 is 10.5 Å². The first-order valence-corrected chi connectivity index (χ1v) is 6.26. The first kappa shape index (κ1) is 12.7. The maximum Gasteiger partial charge on any atom is 0.120 e. The van der Waals surface area contributed by atoms with Crippen LogP contribution in [-0.4, -0.2) is 6.54 Å². The average molecular weight is 241 g/mol. The Labute approximate surface area is 108 Å². The molecule has 2 heteroatoms. The molecule has 94 valence electrons. The number of benzene rings is 2.